The lowest BCUT2D eigenvalue weighted by Crippen LogP contribution is -2.30. The van der Waals surface area contributed by atoms with Gasteiger partial charge in [-0.25, -0.2) is 0 Å². The molecule has 0 radical (unpaired) electrons. The summed E-state index contributed by atoms with van der Waals surface area (Å²) in [5.74, 6) is 1.35. The number of carbonyl (C=O) groups is 1. The highest BCUT2D eigenvalue weighted by Crippen LogP contribution is 2.21. The van der Waals surface area contributed by atoms with Gasteiger partial charge in [0, 0.05) is 23.6 Å². The van der Waals surface area contributed by atoms with Crippen LogP contribution >= 0.6 is 0 Å². The summed E-state index contributed by atoms with van der Waals surface area (Å²) in [5.41, 5.74) is 2.37. The number of carbonyl (C=O) groups excluding carboxylic acids is 1. The average molecular weight is 400 g/mol. The number of aromatic nitrogens is 3. The van der Waals surface area contributed by atoms with Gasteiger partial charge in [0.15, 0.2) is 6.10 Å². The normalized spacial score (nSPS) is 11.6. The summed E-state index contributed by atoms with van der Waals surface area (Å²) in [5, 5.41) is 6.95. The number of nitrogens with zero attached hydrogens (tertiary/aromatic N) is 3. The van der Waals surface area contributed by atoms with Crippen molar-refractivity contribution in [1.82, 2.24) is 15.1 Å². The van der Waals surface area contributed by atoms with Crippen LogP contribution in [0.1, 0.15) is 18.4 Å². The van der Waals surface area contributed by atoms with E-state index in [0.29, 0.717) is 29.6 Å². The number of hydrogen-bond acceptors (Lipinski definition) is 6. The quantitative estimate of drug-likeness (QED) is 0.502. The third-order valence-corrected chi connectivity index (χ3v) is 4.45. The van der Waals surface area contributed by atoms with Gasteiger partial charge in [-0.3, -0.25) is 9.78 Å². The number of amides is 1. The molecule has 0 saturated carbocycles. The van der Waals surface area contributed by atoms with E-state index in [2.05, 4.69) is 20.4 Å². The van der Waals surface area contributed by atoms with Crippen molar-refractivity contribution in [1.29, 1.82) is 0 Å². The van der Waals surface area contributed by atoms with Crippen molar-refractivity contribution in [2.24, 2.45) is 0 Å². The molecule has 30 heavy (non-hydrogen) atoms. The number of para-hydroxylation sites is 2. The zero-order chi connectivity index (χ0) is 20.8. The topological polar surface area (TPSA) is 90.1 Å². The predicted molar refractivity (Wildman–Crippen MR) is 112 cm³/mol. The molecule has 4 rings (SSSR count). The summed E-state index contributed by atoms with van der Waals surface area (Å²) in [6.07, 6.45) is 3.09. The Labute approximate surface area is 173 Å². The van der Waals surface area contributed by atoms with Gasteiger partial charge in [-0.2, -0.15) is 4.98 Å². The highest BCUT2D eigenvalue weighted by atomic mass is 16.5. The van der Waals surface area contributed by atoms with Crippen molar-refractivity contribution in [3.63, 3.8) is 0 Å². The highest BCUT2D eigenvalue weighted by Gasteiger charge is 2.17. The number of anilines is 1. The smallest absolute Gasteiger partial charge is 0.265 e. The minimum atomic E-state index is -0.651. The van der Waals surface area contributed by atoms with Crippen LogP contribution < -0.4 is 10.1 Å². The van der Waals surface area contributed by atoms with Crippen LogP contribution in [0.4, 0.5) is 5.69 Å². The largest absolute Gasteiger partial charge is 0.481 e. The third-order valence-electron chi connectivity index (χ3n) is 4.45. The Hall–Kier alpha value is -4.00. The van der Waals surface area contributed by atoms with E-state index >= 15 is 0 Å². The van der Waals surface area contributed by atoms with Crippen molar-refractivity contribution in [3.8, 4) is 17.1 Å². The van der Waals surface area contributed by atoms with Gasteiger partial charge in [0.05, 0.1) is 6.42 Å². The maximum absolute atomic E-state index is 12.6. The van der Waals surface area contributed by atoms with Crippen molar-refractivity contribution in [3.05, 3.63) is 90.6 Å². The van der Waals surface area contributed by atoms with E-state index in [4.69, 9.17) is 9.26 Å². The van der Waals surface area contributed by atoms with Crippen molar-refractivity contribution < 1.29 is 14.1 Å². The molecule has 0 aliphatic heterocycles. The minimum Gasteiger partial charge on any atom is -0.481 e. The van der Waals surface area contributed by atoms with Gasteiger partial charge < -0.3 is 14.6 Å². The van der Waals surface area contributed by atoms with Crippen molar-refractivity contribution >= 4 is 11.6 Å². The Bertz CT molecular complexity index is 1110. The molecule has 0 aliphatic rings. The zero-order valence-electron chi connectivity index (χ0n) is 16.4. The number of rotatable bonds is 7. The molecule has 2 heterocycles. The van der Waals surface area contributed by atoms with Crippen LogP contribution in [-0.2, 0) is 11.2 Å². The first kappa shape index (κ1) is 19.3. The molecule has 0 bridgehead atoms. The minimum absolute atomic E-state index is 0.241. The van der Waals surface area contributed by atoms with Crippen LogP contribution in [0, 0.1) is 0 Å². The average Bonchev–Trinajstić information content (AvgIpc) is 3.25. The second kappa shape index (κ2) is 9.00. The fourth-order valence-electron chi connectivity index (χ4n) is 2.90. The first-order chi connectivity index (χ1) is 14.7. The van der Waals surface area contributed by atoms with Crippen LogP contribution in [0.3, 0.4) is 0 Å². The molecular formula is C23H20N4O3. The van der Waals surface area contributed by atoms with E-state index in [0.717, 1.165) is 11.1 Å². The number of benzene rings is 2. The number of hydrogen-bond donors (Lipinski definition) is 1. The molecule has 0 aliphatic carbocycles. The van der Waals surface area contributed by atoms with E-state index in [9.17, 15) is 4.79 Å². The second-order valence-corrected chi connectivity index (χ2v) is 6.64. The molecule has 7 heteroatoms. The highest BCUT2D eigenvalue weighted by molar-refractivity contribution is 5.94. The molecule has 2 aromatic heterocycles. The molecular weight excluding hydrogens is 380 g/mol. The SMILES string of the molecule is CC(Oc1ccccc1)C(=O)Nc1ccccc1Cc1nc(-c2ccncc2)no1. The molecule has 4 aromatic rings. The van der Waals surface area contributed by atoms with Crippen LogP contribution in [0.15, 0.2) is 83.6 Å². The number of pyridine rings is 1. The Morgan fingerprint density at radius 3 is 2.57 bits per heavy atom. The molecule has 1 amide bonds. The van der Waals surface area contributed by atoms with E-state index in [1.165, 1.54) is 0 Å². The first-order valence-corrected chi connectivity index (χ1v) is 9.52. The molecule has 2 aromatic carbocycles. The van der Waals surface area contributed by atoms with E-state index in [1.54, 1.807) is 19.3 Å². The molecule has 150 valence electrons. The van der Waals surface area contributed by atoms with Gasteiger partial charge in [0.1, 0.15) is 5.75 Å². The van der Waals surface area contributed by atoms with Crippen molar-refractivity contribution in [2.45, 2.75) is 19.4 Å². The number of nitrogens with one attached hydrogen (secondary N) is 1. The third kappa shape index (κ3) is 4.70. The summed E-state index contributed by atoms with van der Waals surface area (Å²) in [7, 11) is 0. The van der Waals surface area contributed by atoms with Crippen molar-refractivity contribution in [2.75, 3.05) is 5.32 Å². The summed E-state index contributed by atoms with van der Waals surface area (Å²) in [4.78, 5) is 21.0. The van der Waals surface area contributed by atoms with Gasteiger partial charge in [-0.05, 0) is 42.8 Å². The summed E-state index contributed by atoms with van der Waals surface area (Å²) < 4.78 is 11.1. The Morgan fingerprint density at radius 2 is 1.77 bits per heavy atom. The van der Waals surface area contributed by atoms with Gasteiger partial charge in [0.2, 0.25) is 11.7 Å². The van der Waals surface area contributed by atoms with Crippen LogP contribution in [0.25, 0.3) is 11.4 Å². The number of ether oxygens (including phenoxy) is 1. The molecule has 0 fully saturated rings. The van der Waals surface area contributed by atoms with Crippen LogP contribution in [-0.4, -0.2) is 27.1 Å². The van der Waals surface area contributed by atoms with E-state index < -0.39 is 6.10 Å². The van der Waals surface area contributed by atoms with E-state index in [1.807, 2.05) is 66.7 Å². The molecule has 1 N–H and O–H groups in total. The Morgan fingerprint density at radius 1 is 1.03 bits per heavy atom. The van der Waals surface area contributed by atoms with Gasteiger partial charge in [0.25, 0.3) is 5.91 Å². The van der Waals surface area contributed by atoms with Gasteiger partial charge in [-0.15, -0.1) is 0 Å². The second-order valence-electron chi connectivity index (χ2n) is 6.64. The Kier molecular flexibility index (Phi) is 5.80. The summed E-state index contributed by atoms with van der Waals surface area (Å²) in [6, 6.07) is 20.4. The molecule has 7 nitrogen and oxygen atoms in total. The Balaban J connectivity index is 1.45. The molecule has 0 saturated heterocycles. The molecule has 1 atom stereocenters. The lowest BCUT2D eigenvalue weighted by molar-refractivity contribution is -0.122. The lowest BCUT2D eigenvalue weighted by atomic mass is 10.1. The van der Waals surface area contributed by atoms with E-state index in [-0.39, 0.29) is 5.91 Å². The van der Waals surface area contributed by atoms with Gasteiger partial charge in [-0.1, -0.05) is 41.6 Å². The fraction of sp³-hybridized carbons (Fsp3) is 0.130. The monoisotopic (exact) mass is 400 g/mol. The molecule has 1 unspecified atom stereocenters. The van der Waals surface area contributed by atoms with Crippen LogP contribution in [0.5, 0.6) is 5.75 Å². The maximum Gasteiger partial charge on any atom is 0.265 e. The maximum atomic E-state index is 12.6. The summed E-state index contributed by atoms with van der Waals surface area (Å²) >= 11 is 0. The fourth-order valence-corrected chi connectivity index (χ4v) is 2.90. The standard InChI is InChI=1S/C23H20N4O3/c1-16(29-19-8-3-2-4-9-19)23(28)25-20-10-6-5-7-18(20)15-21-26-22(27-30-21)17-11-13-24-14-12-17/h2-14,16H,15H2,1H3,(H,25,28). The zero-order valence-corrected chi connectivity index (χ0v) is 16.4. The van der Waals surface area contributed by atoms with Gasteiger partial charge >= 0.3 is 0 Å². The first-order valence-electron chi connectivity index (χ1n) is 9.52. The molecule has 0 spiro atoms. The lowest BCUT2D eigenvalue weighted by Gasteiger charge is -2.16. The summed E-state index contributed by atoms with van der Waals surface area (Å²) in [6.45, 7) is 1.71. The van der Waals surface area contributed by atoms with Crippen LogP contribution in [0.2, 0.25) is 0 Å². The predicted octanol–water partition coefficient (Wildman–Crippen LogP) is 4.13.